The molecule has 3 heteroatoms. The van der Waals surface area contributed by atoms with Gasteiger partial charge in [-0.25, -0.2) is 0 Å². The molecule has 0 atom stereocenters. The van der Waals surface area contributed by atoms with Gasteiger partial charge in [0.25, 0.3) is 0 Å². The summed E-state index contributed by atoms with van der Waals surface area (Å²) in [6.07, 6.45) is 4.45. The lowest BCUT2D eigenvalue weighted by molar-refractivity contribution is -0.109. The molecule has 3 nitrogen and oxygen atoms in total. The number of amides is 1. The molecule has 0 saturated heterocycles. The van der Waals surface area contributed by atoms with E-state index in [0.29, 0.717) is 0 Å². The number of carbonyl (C=O) groups is 1. The van der Waals surface area contributed by atoms with Crippen LogP contribution in [0.1, 0.15) is 19.3 Å². The topological polar surface area (TPSA) is 41.1 Å². The Morgan fingerprint density at radius 1 is 1.40 bits per heavy atom. The van der Waals surface area contributed by atoms with Crippen molar-refractivity contribution in [1.82, 2.24) is 10.6 Å². The standard InChI is InChI=1S/C7H14N2O/c10-6-8-4-1-5-9-7-2-3-7/h6-7,9H,1-5H2,(H,8,10). The highest BCUT2D eigenvalue weighted by Gasteiger charge is 2.19. The Morgan fingerprint density at radius 3 is 2.80 bits per heavy atom. The fraction of sp³-hybridized carbons (Fsp3) is 0.857. The van der Waals surface area contributed by atoms with Gasteiger partial charge >= 0.3 is 0 Å². The van der Waals surface area contributed by atoms with Crippen molar-refractivity contribution in [2.24, 2.45) is 0 Å². The first-order valence-corrected chi connectivity index (χ1v) is 3.84. The summed E-state index contributed by atoms with van der Waals surface area (Å²) in [6.45, 7) is 1.83. The molecule has 0 radical (unpaired) electrons. The SMILES string of the molecule is O=CNCCCNC1CC1. The summed E-state index contributed by atoms with van der Waals surface area (Å²) in [7, 11) is 0. The predicted molar refractivity (Wildman–Crippen MR) is 39.7 cm³/mol. The number of hydrogen-bond donors (Lipinski definition) is 2. The Balaban J connectivity index is 1.72. The monoisotopic (exact) mass is 142 g/mol. The summed E-state index contributed by atoms with van der Waals surface area (Å²) in [4.78, 5) is 9.78. The van der Waals surface area contributed by atoms with Crippen LogP contribution in [0.25, 0.3) is 0 Å². The molecule has 2 N–H and O–H groups in total. The lowest BCUT2D eigenvalue weighted by Crippen LogP contribution is -2.22. The maximum atomic E-state index is 9.78. The van der Waals surface area contributed by atoms with Crippen LogP contribution in [0.5, 0.6) is 0 Å². The van der Waals surface area contributed by atoms with Gasteiger partial charge in [0, 0.05) is 12.6 Å². The zero-order valence-electron chi connectivity index (χ0n) is 6.10. The van der Waals surface area contributed by atoms with Crippen molar-refractivity contribution in [3.63, 3.8) is 0 Å². The van der Waals surface area contributed by atoms with E-state index in [-0.39, 0.29) is 0 Å². The smallest absolute Gasteiger partial charge is 0.207 e. The largest absolute Gasteiger partial charge is 0.359 e. The number of nitrogens with one attached hydrogen (secondary N) is 2. The van der Waals surface area contributed by atoms with Crippen molar-refractivity contribution in [2.75, 3.05) is 13.1 Å². The Labute approximate surface area is 61.2 Å². The Kier molecular flexibility index (Phi) is 3.22. The second-order valence-electron chi connectivity index (χ2n) is 2.65. The molecule has 1 amide bonds. The maximum Gasteiger partial charge on any atom is 0.207 e. The second kappa shape index (κ2) is 4.28. The van der Waals surface area contributed by atoms with Gasteiger partial charge < -0.3 is 10.6 Å². The summed E-state index contributed by atoms with van der Waals surface area (Å²) in [5.41, 5.74) is 0. The summed E-state index contributed by atoms with van der Waals surface area (Å²) in [5, 5.41) is 5.98. The molecule has 0 aromatic rings. The van der Waals surface area contributed by atoms with Gasteiger partial charge in [0.15, 0.2) is 0 Å². The molecule has 10 heavy (non-hydrogen) atoms. The highest BCUT2D eigenvalue weighted by atomic mass is 16.1. The molecule has 58 valence electrons. The van der Waals surface area contributed by atoms with Gasteiger partial charge in [-0.1, -0.05) is 0 Å². The molecule has 0 unspecified atom stereocenters. The first-order chi connectivity index (χ1) is 4.93. The maximum absolute atomic E-state index is 9.78. The second-order valence-corrected chi connectivity index (χ2v) is 2.65. The number of hydrogen-bond acceptors (Lipinski definition) is 2. The van der Waals surface area contributed by atoms with Crippen LogP contribution in [-0.4, -0.2) is 25.5 Å². The lowest BCUT2D eigenvalue weighted by atomic mass is 10.4. The third kappa shape index (κ3) is 3.45. The first-order valence-electron chi connectivity index (χ1n) is 3.84. The minimum absolute atomic E-state index is 0.747. The van der Waals surface area contributed by atoms with Crippen LogP contribution in [0.3, 0.4) is 0 Å². The van der Waals surface area contributed by atoms with Gasteiger partial charge in [-0.3, -0.25) is 4.79 Å². The summed E-state index contributed by atoms with van der Waals surface area (Å²) in [5.74, 6) is 0. The van der Waals surface area contributed by atoms with Crippen LogP contribution in [-0.2, 0) is 4.79 Å². The summed E-state index contributed by atoms with van der Waals surface area (Å²) in [6, 6.07) is 0.788. The van der Waals surface area contributed by atoms with E-state index < -0.39 is 0 Å². The zero-order valence-corrected chi connectivity index (χ0v) is 6.10. The molecule has 0 heterocycles. The van der Waals surface area contributed by atoms with Crippen molar-refractivity contribution in [2.45, 2.75) is 25.3 Å². The molecule has 0 aromatic heterocycles. The summed E-state index contributed by atoms with van der Waals surface area (Å²) >= 11 is 0. The normalized spacial score (nSPS) is 16.8. The van der Waals surface area contributed by atoms with E-state index in [1.807, 2.05) is 0 Å². The van der Waals surface area contributed by atoms with Crippen molar-refractivity contribution in [3.05, 3.63) is 0 Å². The van der Waals surface area contributed by atoms with Crippen LogP contribution in [0, 0.1) is 0 Å². The van der Waals surface area contributed by atoms with Crippen LogP contribution < -0.4 is 10.6 Å². The third-order valence-corrected chi connectivity index (χ3v) is 1.59. The first kappa shape index (κ1) is 7.54. The molecule has 1 saturated carbocycles. The van der Waals surface area contributed by atoms with Crippen molar-refractivity contribution < 1.29 is 4.79 Å². The number of rotatable bonds is 6. The van der Waals surface area contributed by atoms with Crippen molar-refractivity contribution in [3.8, 4) is 0 Å². The van der Waals surface area contributed by atoms with Gasteiger partial charge in [0.05, 0.1) is 0 Å². The van der Waals surface area contributed by atoms with Crippen LogP contribution >= 0.6 is 0 Å². The molecule has 0 spiro atoms. The Morgan fingerprint density at radius 2 is 2.20 bits per heavy atom. The zero-order chi connectivity index (χ0) is 7.23. The molecular weight excluding hydrogens is 128 g/mol. The van der Waals surface area contributed by atoms with Gasteiger partial charge in [-0.2, -0.15) is 0 Å². The van der Waals surface area contributed by atoms with E-state index in [1.165, 1.54) is 12.8 Å². The third-order valence-electron chi connectivity index (χ3n) is 1.59. The highest BCUT2D eigenvalue weighted by molar-refractivity contribution is 5.45. The van der Waals surface area contributed by atoms with E-state index >= 15 is 0 Å². The molecule has 0 bridgehead atoms. The molecule has 0 aliphatic heterocycles. The van der Waals surface area contributed by atoms with Gasteiger partial charge in [-0.05, 0) is 25.8 Å². The molecule has 1 rings (SSSR count). The van der Waals surface area contributed by atoms with Gasteiger partial charge in [-0.15, -0.1) is 0 Å². The van der Waals surface area contributed by atoms with Crippen LogP contribution in [0.15, 0.2) is 0 Å². The average molecular weight is 142 g/mol. The summed E-state index contributed by atoms with van der Waals surface area (Å²) < 4.78 is 0. The van der Waals surface area contributed by atoms with E-state index in [1.54, 1.807) is 0 Å². The Bertz CT molecular complexity index is 102. The minimum Gasteiger partial charge on any atom is -0.359 e. The highest BCUT2D eigenvalue weighted by Crippen LogP contribution is 2.17. The molecule has 0 aromatic carbocycles. The fourth-order valence-corrected chi connectivity index (χ4v) is 0.843. The minimum atomic E-state index is 0.747. The van der Waals surface area contributed by atoms with Crippen molar-refractivity contribution in [1.29, 1.82) is 0 Å². The molecule has 1 aliphatic carbocycles. The number of carbonyl (C=O) groups excluding carboxylic acids is 1. The van der Waals surface area contributed by atoms with Crippen LogP contribution in [0.4, 0.5) is 0 Å². The van der Waals surface area contributed by atoms with E-state index in [9.17, 15) is 4.79 Å². The fourth-order valence-electron chi connectivity index (χ4n) is 0.843. The van der Waals surface area contributed by atoms with E-state index in [0.717, 1.165) is 32.0 Å². The van der Waals surface area contributed by atoms with Gasteiger partial charge in [0.1, 0.15) is 0 Å². The molecule has 1 fully saturated rings. The lowest BCUT2D eigenvalue weighted by Gasteiger charge is -2.00. The molecular formula is C7H14N2O. The Hall–Kier alpha value is -0.570. The van der Waals surface area contributed by atoms with Crippen LogP contribution in [0.2, 0.25) is 0 Å². The van der Waals surface area contributed by atoms with Gasteiger partial charge in [0.2, 0.25) is 6.41 Å². The predicted octanol–water partition coefficient (Wildman–Crippen LogP) is -0.126. The average Bonchev–Trinajstić information content (AvgIpc) is 2.71. The van der Waals surface area contributed by atoms with E-state index in [4.69, 9.17) is 0 Å². The quantitative estimate of drug-likeness (QED) is 0.401. The molecule has 1 aliphatic rings. The van der Waals surface area contributed by atoms with Crippen molar-refractivity contribution >= 4 is 6.41 Å². The van der Waals surface area contributed by atoms with E-state index in [2.05, 4.69) is 10.6 Å².